The number of hydrazine groups is 1. The van der Waals surface area contributed by atoms with Gasteiger partial charge in [-0.2, -0.15) is 0 Å². The van der Waals surface area contributed by atoms with Crippen LogP contribution in [-0.4, -0.2) is 20.9 Å². The molecule has 2 heterocycles. The highest BCUT2D eigenvalue weighted by molar-refractivity contribution is 6.07. The summed E-state index contributed by atoms with van der Waals surface area (Å²) >= 11 is 0. The predicted molar refractivity (Wildman–Crippen MR) is 66.8 cm³/mol. The number of nitrogens with one attached hydrogen (secondary N) is 2. The van der Waals surface area contributed by atoms with E-state index in [0.717, 1.165) is 5.69 Å². The number of pyridine rings is 1. The van der Waals surface area contributed by atoms with E-state index in [9.17, 15) is 4.79 Å². The van der Waals surface area contributed by atoms with Gasteiger partial charge in [0.2, 0.25) is 0 Å². The molecule has 0 unspecified atom stereocenters. The summed E-state index contributed by atoms with van der Waals surface area (Å²) in [5, 5.41) is 2.60. The minimum absolute atomic E-state index is 0.341. The second kappa shape index (κ2) is 5.19. The second-order valence-electron chi connectivity index (χ2n) is 3.56. The maximum atomic E-state index is 12.0. The molecular formula is C11H12N6O. The van der Waals surface area contributed by atoms with Crippen molar-refractivity contribution in [2.24, 2.45) is 5.84 Å². The van der Waals surface area contributed by atoms with Crippen molar-refractivity contribution in [3.63, 3.8) is 0 Å². The van der Waals surface area contributed by atoms with Crippen LogP contribution in [0.25, 0.3) is 0 Å². The first-order chi connectivity index (χ1) is 8.70. The lowest BCUT2D eigenvalue weighted by atomic mass is 10.2. The normalized spacial score (nSPS) is 9.89. The molecular weight excluding hydrogens is 232 g/mol. The molecule has 2 rings (SSSR count). The lowest BCUT2D eigenvalue weighted by Crippen LogP contribution is -2.18. The fraction of sp³-hybridized carbons (Fsp3) is 0.0909. The van der Waals surface area contributed by atoms with Gasteiger partial charge >= 0.3 is 0 Å². The van der Waals surface area contributed by atoms with Crippen molar-refractivity contribution >= 4 is 17.4 Å². The number of anilines is 2. The Morgan fingerprint density at radius 2 is 2.11 bits per heavy atom. The lowest BCUT2D eigenvalue weighted by molar-refractivity contribution is 0.102. The molecule has 0 aliphatic rings. The van der Waals surface area contributed by atoms with Crippen LogP contribution in [0.1, 0.15) is 16.1 Å². The number of hydrogen-bond acceptors (Lipinski definition) is 6. The third kappa shape index (κ3) is 2.58. The molecule has 18 heavy (non-hydrogen) atoms. The summed E-state index contributed by atoms with van der Waals surface area (Å²) in [6.45, 7) is 1.81. The zero-order valence-electron chi connectivity index (χ0n) is 9.71. The molecule has 0 bridgehead atoms. The highest BCUT2D eigenvalue weighted by Crippen LogP contribution is 2.15. The van der Waals surface area contributed by atoms with Crippen LogP contribution in [0.3, 0.4) is 0 Å². The standard InChI is InChI=1S/C11H12N6O/c1-7-4-9(17-12)8(5-15-7)11(18)16-10-6-13-2-3-14-10/h2-6H,12H2,1H3,(H,15,17)(H,14,16,18). The largest absolute Gasteiger partial charge is 0.323 e. The van der Waals surface area contributed by atoms with E-state index in [1.807, 2.05) is 6.92 Å². The number of carbonyl (C=O) groups excluding carboxylic acids is 1. The number of nitrogen functional groups attached to an aromatic ring is 1. The van der Waals surface area contributed by atoms with Gasteiger partial charge in [-0.15, -0.1) is 0 Å². The van der Waals surface area contributed by atoms with Crippen molar-refractivity contribution in [3.05, 3.63) is 42.1 Å². The van der Waals surface area contributed by atoms with Gasteiger partial charge in [-0.25, -0.2) is 4.98 Å². The molecule has 0 radical (unpaired) electrons. The van der Waals surface area contributed by atoms with Gasteiger partial charge in [-0.3, -0.25) is 20.6 Å². The Hall–Kier alpha value is -2.54. The first-order valence-corrected chi connectivity index (χ1v) is 5.21. The van der Waals surface area contributed by atoms with Crippen molar-refractivity contribution in [1.29, 1.82) is 0 Å². The molecule has 2 aromatic rings. The molecule has 0 atom stereocenters. The maximum Gasteiger partial charge on any atom is 0.260 e. The van der Waals surface area contributed by atoms with Crippen LogP contribution in [0, 0.1) is 6.92 Å². The molecule has 0 aliphatic carbocycles. The molecule has 0 aliphatic heterocycles. The molecule has 0 aromatic carbocycles. The lowest BCUT2D eigenvalue weighted by Gasteiger charge is -2.09. The van der Waals surface area contributed by atoms with E-state index < -0.39 is 0 Å². The van der Waals surface area contributed by atoms with Gasteiger partial charge in [0, 0.05) is 24.3 Å². The van der Waals surface area contributed by atoms with Crippen molar-refractivity contribution in [3.8, 4) is 0 Å². The van der Waals surface area contributed by atoms with Gasteiger partial charge in [0.15, 0.2) is 5.82 Å². The highest BCUT2D eigenvalue weighted by Gasteiger charge is 2.12. The SMILES string of the molecule is Cc1cc(NN)c(C(=O)Nc2cnccn2)cn1. The quantitative estimate of drug-likeness (QED) is 0.542. The average molecular weight is 244 g/mol. The first kappa shape index (κ1) is 11.9. The van der Waals surface area contributed by atoms with E-state index in [1.165, 1.54) is 24.8 Å². The number of hydrogen-bond donors (Lipinski definition) is 3. The summed E-state index contributed by atoms with van der Waals surface area (Å²) in [6, 6.07) is 1.69. The van der Waals surface area contributed by atoms with Gasteiger partial charge < -0.3 is 10.7 Å². The van der Waals surface area contributed by atoms with E-state index in [-0.39, 0.29) is 5.91 Å². The Bertz CT molecular complexity index is 557. The fourth-order valence-electron chi connectivity index (χ4n) is 1.41. The van der Waals surface area contributed by atoms with E-state index in [2.05, 4.69) is 25.7 Å². The summed E-state index contributed by atoms with van der Waals surface area (Å²) in [5.41, 5.74) is 4.07. The van der Waals surface area contributed by atoms with Crippen LogP contribution in [0.2, 0.25) is 0 Å². The molecule has 0 saturated heterocycles. The Balaban J connectivity index is 2.24. The van der Waals surface area contributed by atoms with Gasteiger partial charge in [0.1, 0.15) is 0 Å². The van der Waals surface area contributed by atoms with Crippen LogP contribution >= 0.6 is 0 Å². The van der Waals surface area contributed by atoms with Gasteiger partial charge in [-0.05, 0) is 13.0 Å². The van der Waals surface area contributed by atoms with Gasteiger partial charge in [0.05, 0.1) is 17.4 Å². The van der Waals surface area contributed by atoms with Crippen LogP contribution in [0.5, 0.6) is 0 Å². The van der Waals surface area contributed by atoms with Gasteiger partial charge in [0.25, 0.3) is 5.91 Å². The van der Waals surface area contributed by atoms with Crippen LogP contribution < -0.4 is 16.6 Å². The minimum atomic E-state index is -0.351. The molecule has 1 amide bonds. The number of carbonyl (C=O) groups is 1. The summed E-state index contributed by atoms with van der Waals surface area (Å²) in [5.74, 6) is 5.38. The second-order valence-corrected chi connectivity index (χ2v) is 3.56. The monoisotopic (exact) mass is 244 g/mol. The molecule has 0 fully saturated rings. The summed E-state index contributed by atoms with van der Waals surface area (Å²) in [4.78, 5) is 23.9. The number of aromatic nitrogens is 3. The number of aryl methyl sites for hydroxylation is 1. The van der Waals surface area contributed by atoms with E-state index in [0.29, 0.717) is 17.1 Å². The highest BCUT2D eigenvalue weighted by atomic mass is 16.1. The smallest absolute Gasteiger partial charge is 0.260 e. The number of nitrogens with two attached hydrogens (primary N) is 1. The summed E-state index contributed by atoms with van der Waals surface area (Å²) < 4.78 is 0. The molecule has 4 N–H and O–H groups in total. The zero-order chi connectivity index (χ0) is 13.0. The Morgan fingerprint density at radius 3 is 2.78 bits per heavy atom. The van der Waals surface area contributed by atoms with Crippen molar-refractivity contribution in [1.82, 2.24) is 15.0 Å². The topological polar surface area (TPSA) is 106 Å². The third-order valence-electron chi connectivity index (χ3n) is 2.25. The first-order valence-electron chi connectivity index (χ1n) is 5.21. The number of rotatable bonds is 3. The summed E-state index contributed by atoms with van der Waals surface area (Å²) in [7, 11) is 0. The minimum Gasteiger partial charge on any atom is -0.323 e. The molecule has 92 valence electrons. The van der Waals surface area contributed by atoms with Gasteiger partial charge in [-0.1, -0.05) is 0 Å². The van der Waals surface area contributed by atoms with Crippen LogP contribution in [0.4, 0.5) is 11.5 Å². The van der Waals surface area contributed by atoms with Crippen molar-refractivity contribution < 1.29 is 4.79 Å². The summed E-state index contributed by atoms with van der Waals surface area (Å²) in [6.07, 6.45) is 5.92. The van der Waals surface area contributed by atoms with Crippen LogP contribution in [0.15, 0.2) is 30.9 Å². The van der Waals surface area contributed by atoms with E-state index in [4.69, 9.17) is 5.84 Å². The van der Waals surface area contributed by atoms with Crippen LogP contribution in [-0.2, 0) is 0 Å². The van der Waals surface area contributed by atoms with Crippen molar-refractivity contribution in [2.75, 3.05) is 10.7 Å². The molecule has 0 saturated carbocycles. The maximum absolute atomic E-state index is 12.0. The van der Waals surface area contributed by atoms with E-state index in [1.54, 1.807) is 6.07 Å². The predicted octanol–water partition coefficient (Wildman–Crippen LogP) is 0.718. The van der Waals surface area contributed by atoms with Crippen molar-refractivity contribution in [2.45, 2.75) is 6.92 Å². The third-order valence-corrected chi connectivity index (χ3v) is 2.25. The Kier molecular flexibility index (Phi) is 3.44. The molecule has 2 aromatic heterocycles. The molecule has 7 nitrogen and oxygen atoms in total. The fourth-order valence-corrected chi connectivity index (χ4v) is 1.41. The molecule has 0 spiro atoms. The number of amides is 1. The number of nitrogens with zero attached hydrogens (tertiary/aromatic N) is 3. The Labute approximate surface area is 103 Å². The van der Waals surface area contributed by atoms with E-state index >= 15 is 0 Å². The Morgan fingerprint density at radius 1 is 1.28 bits per heavy atom. The average Bonchev–Trinajstić information content (AvgIpc) is 2.39. The molecule has 7 heteroatoms. The zero-order valence-corrected chi connectivity index (χ0v) is 9.71.